The molecule has 2 atom stereocenters. The van der Waals surface area contributed by atoms with E-state index in [1.165, 1.54) is 0 Å². The number of nitrogens with one attached hydrogen (secondary N) is 1. The van der Waals surface area contributed by atoms with Crippen LogP contribution in [0, 0.1) is 5.92 Å². The lowest BCUT2D eigenvalue weighted by atomic mass is 9.74. The van der Waals surface area contributed by atoms with Crippen molar-refractivity contribution in [1.29, 1.82) is 0 Å². The minimum Gasteiger partial charge on any atom is -0.426 e. The molecule has 5 rings (SSSR count). The quantitative estimate of drug-likeness (QED) is 0.281. The number of pyridine rings is 1. The largest absolute Gasteiger partial charge is 0.475 e. The summed E-state index contributed by atoms with van der Waals surface area (Å²) in [4.78, 5) is 24.4. The fraction of sp³-hybridized carbons (Fsp3) is 0.258. The van der Waals surface area contributed by atoms with Crippen LogP contribution in [0.4, 0.5) is 0 Å². The molecule has 1 aliphatic rings. The highest BCUT2D eigenvalue weighted by atomic mass is 16.7. The summed E-state index contributed by atoms with van der Waals surface area (Å²) in [6.45, 7) is 3.93. The molecule has 2 unspecified atom stereocenters. The lowest BCUT2D eigenvalue weighted by Gasteiger charge is -2.29. The number of oxime groups is 1. The van der Waals surface area contributed by atoms with Gasteiger partial charge in [-0.05, 0) is 35.4 Å². The highest BCUT2D eigenvalue weighted by Crippen LogP contribution is 2.33. The second-order valence-electron chi connectivity index (χ2n) is 10.5. The number of carbonyl (C=O) groups excluding carboxylic acids is 1. The molecule has 0 bridgehead atoms. The molecule has 0 radical (unpaired) electrons. The van der Waals surface area contributed by atoms with E-state index < -0.39 is 24.6 Å². The van der Waals surface area contributed by atoms with Gasteiger partial charge in [-0.3, -0.25) is 9.78 Å². The summed E-state index contributed by atoms with van der Waals surface area (Å²) in [5.74, 6) is -1.09. The van der Waals surface area contributed by atoms with Gasteiger partial charge in [-0.2, -0.15) is 0 Å². The molecule has 4 aromatic rings. The van der Waals surface area contributed by atoms with Crippen LogP contribution in [-0.2, 0) is 16.1 Å². The molecule has 0 saturated heterocycles. The zero-order chi connectivity index (χ0) is 27.4. The van der Waals surface area contributed by atoms with Crippen molar-refractivity contribution in [3.8, 4) is 11.3 Å². The van der Waals surface area contributed by atoms with E-state index in [1.807, 2.05) is 86.6 Å². The van der Waals surface area contributed by atoms with Crippen molar-refractivity contribution >= 4 is 29.5 Å². The Morgan fingerprint density at radius 3 is 2.51 bits per heavy atom. The van der Waals surface area contributed by atoms with E-state index in [1.54, 1.807) is 6.20 Å². The average molecular weight is 521 g/mol. The topological polar surface area (TPSA) is 104 Å². The molecule has 1 amide bonds. The lowest BCUT2D eigenvalue weighted by molar-refractivity contribution is -0.144. The van der Waals surface area contributed by atoms with E-state index in [0.717, 1.165) is 33.2 Å². The van der Waals surface area contributed by atoms with Crippen LogP contribution < -0.4 is 5.32 Å². The molecule has 3 N–H and O–H groups in total. The van der Waals surface area contributed by atoms with Crippen molar-refractivity contribution in [3.05, 3.63) is 102 Å². The first kappa shape index (κ1) is 26.6. The number of carbonyl (C=O) groups is 1. The van der Waals surface area contributed by atoms with Crippen LogP contribution in [0.1, 0.15) is 37.8 Å². The molecule has 3 aromatic carbocycles. The van der Waals surface area contributed by atoms with Gasteiger partial charge in [0.2, 0.25) is 5.60 Å². The Balaban J connectivity index is 1.45. The highest BCUT2D eigenvalue weighted by Gasteiger charge is 2.48. The van der Waals surface area contributed by atoms with Gasteiger partial charge < -0.3 is 20.2 Å². The fourth-order valence-corrected chi connectivity index (χ4v) is 5.11. The van der Waals surface area contributed by atoms with E-state index in [0.29, 0.717) is 12.1 Å². The molecule has 2 heterocycles. The highest BCUT2D eigenvalue weighted by molar-refractivity contribution is 6.43. The third-order valence-corrected chi connectivity index (χ3v) is 7.07. The third-order valence-electron chi connectivity index (χ3n) is 7.07. The maximum Gasteiger partial charge on any atom is 0.475 e. The van der Waals surface area contributed by atoms with Gasteiger partial charge in [0, 0.05) is 35.6 Å². The summed E-state index contributed by atoms with van der Waals surface area (Å²) < 4.78 is 0. The van der Waals surface area contributed by atoms with Gasteiger partial charge >= 0.3 is 7.12 Å². The molecule has 0 saturated carbocycles. The maximum atomic E-state index is 13.7. The zero-order valence-corrected chi connectivity index (χ0v) is 22.1. The van der Waals surface area contributed by atoms with Crippen molar-refractivity contribution in [2.75, 3.05) is 0 Å². The molecule has 39 heavy (non-hydrogen) atoms. The normalized spacial score (nSPS) is 17.5. The Morgan fingerprint density at radius 1 is 1.00 bits per heavy atom. The monoisotopic (exact) mass is 521 g/mol. The summed E-state index contributed by atoms with van der Waals surface area (Å²) in [5, 5.41) is 29.3. The molecular formula is C31H32BN3O4. The van der Waals surface area contributed by atoms with E-state index in [2.05, 4.69) is 27.6 Å². The van der Waals surface area contributed by atoms with Crippen LogP contribution in [0.5, 0.6) is 0 Å². The molecule has 7 nitrogen and oxygen atoms in total. The van der Waals surface area contributed by atoms with Crippen LogP contribution >= 0.6 is 0 Å². The average Bonchev–Trinajstić information content (AvgIpc) is 3.38. The fourth-order valence-electron chi connectivity index (χ4n) is 5.11. The number of fused-ring (bicyclic) bond motifs is 1. The Morgan fingerprint density at radius 2 is 1.74 bits per heavy atom. The number of aromatic nitrogens is 1. The smallest absolute Gasteiger partial charge is 0.426 e. The number of amides is 1. The number of rotatable bonds is 9. The van der Waals surface area contributed by atoms with E-state index in [9.17, 15) is 14.8 Å². The Labute approximate surface area is 228 Å². The van der Waals surface area contributed by atoms with Gasteiger partial charge in [0.15, 0.2) is 0 Å². The summed E-state index contributed by atoms with van der Waals surface area (Å²) in [6.07, 6.45) is 2.74. The summed E-state index contributed by atoms with van der Waals surface area (Å²) >= 11 is 0. The zero-order valence-electron chi connectivity index (χ0n) is 22.1. The number of nitrogens with zero attached hydrogens (tertiary/aromatic N) is 2. The SMILES string of the molecule is CC(C)CC(NC(=O)C1(Cc2ccccc2)CC(c2cccc(-c3nccc4ccccc34)c2)=NO1)B(O)O. The predicted octanol–water partition coefficient (Wildman–Crippen LogP) is 4.55. The summed E-state index contributed by atoms with van der Waals surface area (Å²) in [5.41, 5.74) is 2.89. The van der Waals surface area contributed by atoms with Crippen molar-refractivity contribution in [1.82, 2.24) is 10.3 Å². The van der Waals surface area contributed by atoms with E-state index in [-0.39, 0.29) is 18.8 Å². The van der Waals surface area contributed by atoms with Crippen molar-refractivity contribution in [3.63, 3.8) is 0 Å². The maximum absolute atomic E-state index is 13.7. The minimum absolute atomic E-state index is 0.156. The second kappa shape index (κ2) is 11.4. The first-order valence-electron chi connectivity index (χ1n) is 13.3. The van der Waals surface area contributed by atoms with Crippen molar-refractivity contribution < 1.29 is 19.7 Å². The molecular weight excluding hydrogens is 489 g/mol. The van der Waals surface area contributed by atoms with Gasteiger partial charge in [-0.25, -0.2) is 0 Å². The first-order valence-corrected chi connectivity index (χ1v) is 13.3. The predicted molar refractivity (Wildman–Crippen MR) is 154 cm³/mol. The summed E-state index contributed by atoms with van der Waals surface area (Å²) in [7, 11) is -1.68. The lowest BCUT2D eigenvalue weighted by Crippen LogP contribution is -2.56. The molecule has 0 fully saturated rings. The van der Waals surface area contributed by atoms with Crippen LogP contribution in [0.25, 0.3) is 22.0 Å². The molecule has 0 spiro atoms. The molecule has 198 valence electrons. The van der Waals surface area contributed by atoms with Gasteiger partial charge in [-0.15, -0.1) is 0 Å². The number of hydrogen-bond acceptors (Lipinski definition) is 6. The number of benzene rings is 3. The minimum atomic E-state index is -1.68. The van der Waals surface area contributed by atoms with Gasteiger partial charge in [-0.1, -0.05) is 91.8 Å². The van der Waals surface area contributed by atoms with Crippen LogP contribution in [0.15, 0.2) is 96.3 Å². The molecule has 1 aromatic heterocycles. The first-order chi connectivity index (χ1) is 18.8. The van der Waals surface area contributed by atoms with Crippen LogP contribution in [0.2, 0.25) is 0 Å². The Bertz CT molecular complexity index is 1490. The molecule has 8 heteroatoms. The van der Waals surface area contributed by atoms with E-state index >= 15 is 0 Å². The summed E-state index contributed by atoms with van der Waals surface area (Å²) in [6, 6.07) is 27.7. The van der Waals surface area contributed by atoms with Gasteiger partial charge in [0.1, 0.15) is 0 Å². The molecule has 1 aliphatic heterocycles. The second-order valence-corrected chi connectivity index (χ2v) is 10.5. The van der Waals surface area contributed by atoms with Gasteiger partial charge in [0.25, 0.3) is 5.91 Å². The van der Waals surface area contributed by atoms with Crippen LogP contribution in [0.3, 0.4) is 0 Å². The molecule has 0 aliphatic carbocycles. The Kier molecular flexibility index (Phi) is 7.77. The third kappa shape index (κ3) is 5.87. The van der Waals surface area contributed by atoms with E-state index in [4.69, 9.17) is 4.84 Å². The van der Waals surface area contributed by atoms with Crippen LogP contribution in [-0.4, -0.2) is 45.3 Å². The van der Waals surface area contributed by atoms with Gasteiger partial charge in [0.05, 0.1) is 17.3 Å². The number of hydrogen-bond donors (Lipinski definition) is 3. The Hall–Kier alpha value is -4.01. The van der Waals surface area contributed by atoms with Crippen molar-refractivity contribution in [2.24, 2.45) is 11.1 Å². The van der Waals surface area contributed by atoms with Crippen molar-refractivity contribution in [2.45, 2.75) is 44.7 Å². The standard InChI is InChI=1S/C31H32BN3O4/c1-21(2)17-28(32(37)38)34-30(36)31(19-22-9-4-3-5-10-22)20-27(35-39-31)24-12-8-13-25(18-24)29-26-14-7-6-11-23(26)15-16-33-29/h3-16,18,21,28,37-38H,17,19-20H2,1-2H3,(H,34,36).